The molecule has 1 saturated carbocycles. The van der Waals surface area contributed by atoms with Crippen molar-refractivity contribution < 1.29 is 28.6 Å². The number of carbonyl (C=O) groups is 3. The van der Waals surface area contributed by atoms with Crippen LogP contribution in [0.25, 0.3) is 0 Å². The highest BCUT2D eigenvalue weighted by molar-refractivity contribution is 5.82. The SMILES string of the molecule is CC(=O)Oc1ccc(CC(NC(=O)OC(C)(C)C)C(=O)O[C@H]2C[C@@H](C)CC[C@@H]2C(C)C)cc1. The summed E-state index contributed by atoms with van der Waals surface area (Å²) in [7, 11) is 0. The molecule has 0 saturated heterocycles. The van der Waals surface area contributed by atoms with Crippen molar-refractivity contribution in [2.24, 2.45) is 17.8 Å². The predicted octanol–water partition coefficient (Wildman–Crippen LogP) is 5.05. The summed E-state index contributed by atoms with van der Waals surface area (Å²) >= 11 is 0. The first-order chi connectivity index (χ1) is 15.3. The van der Waals surface area contributed by atoms with E-state index in [1.165, 1.54) is 6.92 Å². The number of amides is 1. The van der Waals surface area contributed by atoms with Crippen molar-refractivity contribution in [1.82, 2.24) is 5.32 Å². The lowest BCUT2D eigenvalue weighted by molar-refractivity contribution is -0.158. The molecule has 0 spiro atoms. The van der Waals surface area contributed by atoms with Gasteiger partial charge < -0.3 is 19.5 Å². The lowest BCUT2D eigenvalue weighted by Gasteiger charge is -2.37. The summed E-state index contributed by atoms with van der Waals surface area (Å²) in [5.41, 5.74) is 0.104. The smallest absolute Gasteiger partial charge is 0.408 e. The van der Waals surface area contributed by atoms with E-state index in [1.54, 1.807) is 45.0 Å². The van der Waals surface area contributed by atoms with Crippen LogP contribution in [0.2, 0.25) is 0 Å². The van der Waals surface area contributed by atoms with E-state index in [9.17, 15) is 14.4 Å². The molecule has 7 nitrogen and oxygen atoms in total. The summed E-state index contributed by atoms with van der Waals surface area (Å²) in [5, 5.41) is 2.69. The molecule has 2 rings (SSSR count). The van der Waals surface area contributed by atoms with Crippen LogP contribution in [0.3, 0.4) is 0 Å². The van der Waals surface area contributed by atoms with Gasteiger partial charge in [0.05, 0.1) is 0 Å². The van der Waals surface area contributed by atoms with E-state index in [-0.39, 0.29) is 12.5 Å². The zero-order valence-electron chi connectivity index (χ0n) is 21.0. The number of rotatable bonds is 7. The number of alkyl carbamates (subject to hydrolysis) is 1. The summed E-state index contributed by atoms with van der Waals surface area (Å²) < 4.78 is 16.4. The van der Waals surface area contributed by atoms with Crippen molar-refractivity contribution in [3.63, 3.8) is 0 Å². The highest BCUT2D eigenvalue weighted by atomic mass is 16.6. The van der Waals surface area contributed by atoms with Crippen molar-refractivity contribution in [2.75, 3.05) is 0 Å². The van der Waals surface area contributed by atoms with E-state index in [2.05, 4.69) is 26.1 Å². The Hall–Kier alpha value is -2.57. The van der Waals surface area contributed by atoms with Gasteiger partial charge in [-0.3, -0.25) is 4.79 Å². The molecular weight excluding hydrogens is 422 g/mol. The molecule has 1 amide bonds. The van der Waals surface area contributed by atoms with E-state index in [1.807, 2.05) is 0 Å². The summed E-state index contributed by atoms with van der Waals surface area (Å²) in [4.78, 5) is 36.8. The molecule has 1 aliphatic carbocycles. The van der Waals surface area contributed by atoms with Crippen molar-refractivity contribution in [2.45, 2.75) is 91.9 Å². The number of esters is 2. The number of hydrogen-bond acceptors (Lipinski definition) is 6. The minimum absolute atomic E-state index is 0.171. The van der Waals surface area contributed by atoms with Crippen LogP contribution >= 0.6 is 0 Å². The molecule has 0 aliphatic heterocycles. The Balaban J connectivity index is 2.17. The summed E-state index contributed by atoms with van der Waals surface area (Å²) in [6.45, 7) is 13.1. The molecule has 33 heavy (non-hydrogen) atoms. The molecule has 0 radical (unpaired) electrons. The fourth-order valence-corrected chi connectivity index (χ4v) is 4.22. The molecule has 0 bridgehead atoms. The molecule has 184 valence electrons. The van der Waals surface area contributed by atoms with Gasteiger partial charge in [-0.2, -0.15) is 0 Å². The first kappa shape index (κ1) is 26.7. The van der Waals surface area contributed by atoms with Crippen LogP contribution < -0.4 is 10.1 Å². The van der Waals surface area contributed by atoms with Crippen molar-refractivity contribution in [3.8, 4) is 5.75 Å². The van der Waals surface area contributed by atoms with Crippen molar-refractivity contribution >= 4 is 18.0 Å². The predicted molar refractivity (Wildman–Crippen MR) is 126 cm³/mol. The number of ether oxygens (including phenoxy) is 3. The second kappa shape index (κ2) is 11.5. The van der Waals surface area contributed by atoms with Crippen LogP contribution in [-0.4, -0.2) is 35.8 Å². The van der Waals surface area contributed by atoms with Crippen LogP contribution in [0.4, 0.5) is 4.79 Å². The molecule has 7 heteroatoms. The molecule has 1 aromatic rings. The van der Waals surface area contributed by atoms with E-state index >= 15 is 0 Å². The Morgan fingerprint density at radius 3 is 2.27 bits per heavy atom. The molecule has 0 aromatic heterocycles. The maximum atomic E-state index is 13.2. The topological polar surface area (TPSA) is 90.9 Å². The Kier molecular flexibility index (Phi) is 9.32. The maximum Gasteiger partial charge on any atom is 0.408 e. The number of carbonyl (C=O) groups excluding carboxylic acids is 3. The first-order valence-electron chi connectivity index (χ1n) is 11.8. The lowest BCUT2D eigenvalue weighted by Crippen LogP contribution is -2.47. The zero-order valence-corrected chi connectivity index (χ0v) is 21.0. The van der Waals surface area contributed by atoms with E-state index in [0.29, 0.717) is 23.5 Å². The van der Waals surface area contributed by atoms with Gasteiger partial charge in [0.15, 0.2) is 0 Å². The van der Waals surface area contributed by atoms with Crippen LogP contribution in [0.15, 0.2) is 24.3 Å². The maximum absolute atomic E-state index is 13.2. The van der Waals surface area contributed by atoms with Gasteiger partial charge in [-0.1, -0.05) is 39.3 Å². The number of hydrogen-bond donors (Lipinski definition) is 1. The fraction of sp³-hybridized carbons (Fsp3) is 0.654. The summed E-state index contributed by atoms with van der Waals surface area (Å²) in [5.74, 6) is 0.744. The van der Waals surface area contributed by atoms with Gasteiger partial charge in [-0.25, -0.2) is 9.59 Å². The first-order valence-corrected chi connectivity index (χ1v) is 11.8. The normalized spacial score (nSPS) is 21.8. The van der Waals surface area contributed by atoms with Crippen LogP contribution in [0.5, 0.6) is 5.75 Å². The molecule has 4 atom stereocenters. The van der Waals surface area contributed by atoms with E-state index < -0.39 is 29.7 Å². The minimum atomic E-state index is -0.899. The quantitative estimate of drug-likeness (QED) is 0.451. The molecule has 1 fully saturated rings. The molecule has 1 aromatic carbocycles. The standard InChI is InChI=1S/C26H39NO6/c1-16(2)21-13-8-17(3)14-23(21)32-24(29)22(27-25(30)33-26(5,6)7)15-19-9-11-20(12-10-19)31-18(4)28/h9-12,16-17,21-23H,8,13-15H2,1-7H3,(H,27,30)/t17-,21+,22?,23-/m0/s1. The fourth-order valence-electron chi connectivity index (χ4n) is 4.22. The molecule has 1 unspecified atom stereocenters. The van der Waals surface area contributed by atoms with Gasteiger partial charge in [0, 0.05) is 13.3 Å². The third-order valence-corrected chi connectivity index (χ3v) is 5.83. The highest BCUT2D eigenvalue weighted by Gasteiger charge is 2.35. The number of benzene rings is 1. The summed E-state index contributed by atoms with van der Waals surface area (Å²) in [6.07, 6.45) is 2.37. The lowest BCUT2D eigenvalue weighted by atomic mass is 9.75. The second-order valence-electron chi connectivity index (χ2n) is 10.4. The molecule has 1 N–H and O–H groups in total. The van der Waals surface area contributed by atoms with Gasteiger partial charge >= 0.3 is 18.0 Å². The van der Waals surface area contributed by atoms with Gasteiger partial charge in [0.25, 0.3) is 0 Å². The van der Waals surface area contributed by atoms with E-state index in [4.69, 9.17) is 14.2 Å². The second-order valence-corrected chi connectivity index (χ2v) is 10.4. The van der Waals surface area contributed by atoms with Crippen molar-refractivity contribution in [1.29, 1.82) is 0 Å². The molecule has 0 heterocycles. The number of nitrogens with one attached hydrogen (secondary N) is 1. The Labute approximate surface area is 197 Å². The summed E-state index contributed by atoms with van der Waals surface area (Å²) in [6, 6.07) is 5.93. The Bertz CT molecular complexity index is 811. The largest absolute Gasteiger partial charge is 0.461 e. The Morgan fingerprint density at radius 2 is 1.73 bits per heavy atom. The highest BCUT2D eigenvalue weighted by Crippen LogP contribution is 2.35. The van der Waals surface area contributed by atoms with Crippen LogP contribution in [-0.2, 0) is 25.5 Å². The monoisotopic (exact) mass is 461 g/mol. The molecular formula is C26H39NO6. The molecule has 1 aliphatic rings. The van der Waals surface area contributed by atoms with Crippen LogP contribution in [0, 0.1) is 17.8 Å². The minimum Gasteiger partial charge on any atom is -0.461 e. The van der Waals surface area contributed by atoms with Crippen molar-refractivity contribution in [3.05, 3.63) is 29.8 Å². The third-order valence-electron chi connectivity index (χ3n) is 5.83. The average Bonchev–Trinajstić information content (AvgIpc) is 2.66. The van der Waals surface area contributed by atoms with E-state index in [0.717, 1.165) is 24.8 Å². The van der Waals surface area contributed by atoms with Gasteiger partial charge in [0.1, 0.15) is 23.5 Å². The third kappa shape index (κ3) is 9.06. The average molecular weight is 462 g/mol. The van der Waals surface area contributed by atoms with Gasteiger partial charge in [-0.05, 0) is 69.1 Å². The van der Waals surface area contributed by atoms with Gasteiger partial charge in [0.2, 0.25) is 0 Å². The Morgan fingerprint density at radius 1 is 1.09 bits per heavy atom. The zero-order chi connectivity index (χ0) is 24.8. The van der Waals surface area contributed by atoms with Gasteiger partial charge in [-0.15, -0.1) is 0 Å². The van der Waals surface area contributed by atoms with Crippen LogP contribution in [0.1, 0.15) is 73.3 Å².